The zero-order valence-electron chi connectivity index (χ0n) is 11.6. The average Bonchev–Trinajstić information content (AvgIpc) is 2.42. The smallest absolute Gasteiger partial charge is 0.0792 e. The molecule has 1 heterocycles. The van der Waals surface area contributed by atoms with Crippen LogP contribution in [0.25, 0.3) is 0 Å². The Kier molecular flexibility index (Phi) is 6.24. The number of hydrogen-bond donors (Lipinski definition) is 1. The van der Waals surface area contributed by atoms with E-state index >= 15 is 0 Å². The van der Waals surface area contributed by atoms with Crippen LogP contribution in [0, 0.1) is 12.3 Å². The van der Waals surface area contributed by atoms with Gasteiger partial charge in [0.15, 0.2) is 0 Å². The molecule has 0 saturated heterocycles. The van der Waals surface area contributed by atoms with Crippen molar-refractivity contribution in [2.24, 2.45) is 0 Å². The Labute approximate surface area is 111 Å². The largest absolute Gasteiger partial charge is 0.359 e. The molecule has 0 bridgehead atoms. The molecule has 0 fully saturated rings. The van der Waals surface area contributed by atoms with Crippen molar-refractivity contribution in [3.05, 3.63) is 24.0 Å². The van der Waals surface area contributed by atoms with E-state index < -0.39 is 0 Å². The van der Waals surface area contributed by atoms with E-state index in [2.05, 4.69) is 54.0 Å². The third-order valence-corrected chi connectivity index (χ3v) is 3.02. The summed E-state index contributed by atoms with van der Waals surface area (Å²) in [7, 11) is 0. The van der Waals surface area contributed by atoms with Crippen molar-refractivity contribution in [1.82, 2.24) is 10.3 Å². The van der Waals surface area contributed by atoms with Crippen molar-refractivity contribution in [3.63, 3.8) is 0 Å². The summed E-state index contributed by atoms with van der Waals surface area (Å²) in [5.74, 6) is 2.67. The van der Waals surface area contributed by atoms with E-state index in [-0.39, 0.29) is 0 Å². The van der Waals surface area contributed by atoms with Crippen LogP contribution in [0.1, 0.15) is 38.9 Å². The molecule has 1 rings (SSSR count). The maximum atomic E-state index is 5.36. The van der Waals surface area contributed by atoms with Gasteiger partial charge in [0.1, 0.15) is 0 Å². The topological polar surface area (TPSA) is 28.2 Å². The quantitative estimate of drug-likeness (QED) is 0.748. The predicted octanol–water partition coefficient (Wildman–Crippen LogP) is 2.60. The molecule has 0 aliphatic rings. The predicted molar refractivity (Wildman–Crippen MR) is 77.7 cm³/mol. The van der Waals surface area contributed by atoms with Crippen LogP contribution in [0.15, 0.2) is 18.3 Å². The molecule has 3 nitrogen and oxygen atoms in total. The molecular formula is C15H23N3. The number of nitrogens with zero attached hydrogens (tertiary/aromatic N) is 2. The Morgan fingerprint density at radius 2 is 2.17 bits per heavy atom. The summed E-state index contributed by atoms with van der Waals surface area (Å²) in [5.41, 5.74) is 2.19. The second kappa shape index (κ2) is 7.73. The fourth-order valence-electron chi connectivity index (χ4n) is 1.99. The molecule has 1 aromatic heterocycles. The van der Waals surface area contributed by atoms with Crippen molar-refractivity contribution < 1.29 is 0 Å². The van der Waals surface area contributed by atoms with Crippen molar-refractivity contribution >= 4 is 5.69 Å². The Hall–Kier alpha value is -1.53. The highest BCUT2D eigenvalue weighted by atomic mass is 15.1. The minimum Gasteiger partial charge on any atom is -0.359 e. The second-order valence-electron chi connectivity index (χ2n) is 4.18. The molecule has 0 spiro atoms. The SMILES string of the molecule is C#CCN(CC)c1ccc(C(CC)NCC)nc1. The molecule has 1 N–H and O–H groups in total. The van der Waals surface area contributed by atoms with Crippen molar-refractivity contribution in [1.29, 1.82) is 0 Å². The van der Waals surface area contributed by atoms with Gasteiger partial charge in [-0.05, 0) is 32.0 Å². The van der Waals surface area contributed by atoms with Crippen molar-refractivity contribution in [2.45, 2.75) is 33.2 Å². The van der Waals surface area contributed by atoms with Crippen LogP contribution in [0.2, 0.25) is 0 Å². The van der Waals surface area contributed by atoms with E-state index in [1.807, 2.05) is 6.20 Å². The van der Waals surface area contributed by atoms with E-state index in [9.17, 15) is 0 Å². The number of pyridine rings is 1. The maximum absolute atomic E-state index is 5.36. The highest BCUT2D eigenvalue weighted by Gasteiger charge is 2.10. The standard InChI is InChI=1S/C15H23N3/c1-5-11-18(8-4)13-9-10-15(17-12-13)14(6-2)16-7-3/h1,9-10,12,14,16H,6-8,11H2,2-4H3. The van der Waals surface area contributed by atoms with E-state index in [4.69, 9.17) is 6.42 Å². The van der Waals surface area contributed by atoms with Crippen LogP contribution in [-0.4, -0.2) is 24.6 Å². The maximum Gasteiger partial charge on any atom is 0.0792 e. The summed E-state index contributed by atoms with van der Waals surface area (Å²) in [5, 5.41) is 3.43. The number of terminal acetylenes is 1. The summed E-state index contributed by atoms with van der Waals surface area (Å²) in [6, 6.07) is 4.53. The lowest BCUT2D eigenvalue weighted by atomic mass is 10.1. The number of anilines is 1. The molecule has 0 aliphatic carbocycles. The minimum absolute atomic E-state index is 0.340. The minimum atomic E-state index is 0.340. The number of rotatable bonds is 7. The van der Waals surface area contributed by atoms with Crippen LogP contribution in [0.3, 0.4) is 0 Å². The molecule has 0 aromatic carbocycles. The van der Waals surface area contributed by atoms with Gasteiger partial charge in [-0.25, -0.2) is 0 Å². The lowest BCUT2D eigenvalue weighted by Gasteiger charge is -2.21. The Morgan fingerprint density at radius 3 is 2.61 bits per heavy atom. The summed E-state index contributed by atoms with van der Waals surface area (Å²) >= 11 is 0. The molecule has 1 atom stereocenters. The van der Waals surface area contributed by atoms with E-state index in [1.54, 1.807) is 0 Å². The summed E-state index contributed by atoms with van der Waals surface area (Å²) in [4.78, 5) is 6.68. The van der Waals surface area contributed by atoms with E-state index in [0.29, 0.717) is 12.6 Å². The van der Waals surface area contributed by atoms with E-state index in [0.717, 1.165) is 30.9 Å². The second-order valence-corrected chi connectivity index (χ2v) is 4.18. The first-order valence-corrected chi connectivity index (χ1v) is 6.64. The van der Waals surface area contributed by atoms with Gasteiger partial charge in [-0.15, -0.1) is 6.42 Å². The molecule has 0 aliphatic heterocycles. The highest BCUT2D eigenvalue weighted by molar-refractivity contribution is 5.45. The van der Waals surface area contributed by atoms with Crippen LogP contribution in [-0.2, 0) is 0 Å². The normalized spacial score (nSPS) is 11.9. The molecular weight excluding hydrogens is 222 g/mol. The third kappa shape index (κ3) is 3.75. The Bertz CT molecular complexity index is 378. The number of hydrogen-bond acceptors (Lipinski definition) is 3. The summed E-state index contributed by atoms with van der Waals surface area (Å²) < 4.78 is 0. The Balaban J connectivity index is 2.81. The first-order valence-electron chi connectivity index (χ1n) is 6.64. The molecule has 0 saturated carbocycles. The van der Waals surface area contributed by atoms with Crippen LogP contribution >= 0.6 is 0 Å². The summed E-state index contributed by atoms with van der Waals surface area (Å²) in [6.07, 6.45) is 8.32. The van der Waals surface area contributed by atoms with E-state index in [1.165, 1.54) is 0 Å². The fraction of sp³-hybridized carbons (Fsp3) is 0.533. The monoisotopic (exact) mass is 245 g/mol. The van der Waals surface area contributed by atoms with Gasteiger partial charge in [0.2, 0.25) is 0 Å². The van der Waals surface area contributed by atoms with Gasteiger partial charge in [0.05, 0.1) is 24.1 Å². The van der Waals surface area contributed by atoms with Crippen LogP contribution in [0.4, 0.5) is 5.69 Å². The number of aromatic nitrogens is 1. The van der Waals surface area contributed by atoms with Gasteiger partial charge in [0, 0.05) is 12.6 Å². The molecule has 18 heavy (non-hydrogen) atoms. The van der Waals surface area contributed by atoms with Crippen molar-refractivity contribution in [3.8, 4) is 12.3 Å². The number of nitrogens with one attached hydrogen (secondary N) is 1. The molecule has 0 amide bonds. The highest BCUT2D eigenvalue weighted by Crippen LogP contribution is 2.18. The lowest BCUT2D eigenvalue weighted by molar-refractivity contribution is 0.525. The zero-order chi connectivity index (χ0) is 13.4. The van der Waals surface area contributed by atoms with Gasteiger partial charge < -0.3 is 10.2 Å². The third-order valence-electron chi connectivity index (χ3n) is 3.02. The van der Waals surface area contributed by atoms with Crippen molar-refractivity contribution in [2.75, 3.05) is 24.5 Å². The van der Waals surface area contributed by atoms with Gasteiger partial charge in [-0.2, -0.15) is 0 Å². The van der Waals surface area contributed by atoms with Gasteiger partial charge in [-0.1, -0.05) is 19.8 Å². The first kappa shape index (κ1) is 14.5. The van der Waals surface area contributed by atoms with Crippen LogP contribution < -0.4 is 10.2 Å². The van der Waals surface area contributed by atoms with Gasteiger partial charge in [-0.3, -0.25) is 4.98 Å². The Morgan fingerprint density at radius 1 is 1.39 bits per heavy atom. The molecule has 98 valence electrons. The molecule has 1 aromatic rings. The fourth-order valence-corrected chi connectivity index (χ4v) is 1.99. The van der Waals surface area contributed by atoms with Gasteiger partial charge >= 0.3 is 0 Å². The van der Waals surface area contributed by atoms with Gasteiger partial charge in [0.25, 0.3) is 0 Å². The van der Waals surface area contributed by atoms with Crippen LogP contribution in [0.5, 0.6) is 0 Å². The first-order chi connectivity index (χ1) is 8.76. The molecule has 1 unspecified atom stereocenters. The molecule has 3 heteroatoms. The lowest BCUT2D eigenvalue weighted by Crippen LogP contribution is -2.24. The molecule has 0 radical (unpaired) electrons. The average molecular weight is 245 g/mol. The summed E-state index contributed by atoms with van der Waals surface area (Å²) in [6.45, 7) is 8.86. The zero-order valence-corrected chi connectivity index (χ0v) is 11.6.